The number of benzene rings is 1. The van der Waals surface area contributed by atoms with Gasteiger partial charge in [-0.3, -0.25) is 14.5 Å². The Morgan fingerprint density at radius 1 is 1.45 bits per heavy atom. The maximum atomic E-state index is 12.1. The summed E-state index contributed by atoms with van der Waals surface area (Å²) in [7, 11) is 1.57. The molecule has 2 aliphatic rings. The number of carbonyl (C=O) groups is 2. The van der Waals surface area contributed by atoms with Crippen LogP contribution in [-0.2, 0) is 16.1 Å². The Balaban J connectivity index is 1.78. The molecular weight excluding hydrogens is 286 g/mol. The van der Waals surface area contributed by atoms with Crippen LogP contribution in [0.2, 0.25) is 0 Å². The fraction of sp³-hybridized carbons (Fsp3) is 0.467. The lowest BCUT2D eigenvalue weighted by Gasteiger charge is -2.34. The minimum Gasteiger partial charge on any atom is -0.454 e. The van der Waals surface area contributed by atoms with Crippen LogP contribution in [0.5, 0.6) is 11.5 Å². The average molecular weight is 305 g/mol. The molecule has 22 heavy (non-hydrogen) atoms. The van der Waals surface area contributed by atoms with Gasteiger partial charge in [0.1, 0.15) is 0 Å². The molecule has 7 nitrogen and oxygen atoms in total. The topological polar surface area (TPSA) is 79.9 Å². The molecular formula is C15H19N3O4. The van der Waals surface area contributed by atoms with Gasteiger partial charge in [-0.1, -0.05) is 12.1 Å². The molecule has 0 saturated carbocycles. The first-order valence-electron chi connectivity index (χ1n) is 7.29. The van der Waals surface area contributed by atoms with Crippen molar-refractivity contribution in [3.63, 3.8) is 0 Å². The standard InChI is InChI=1S/C15H19N3O4/c1-16-13(19)7-11-15(20)17-5-6-18(11)8-10-3-2-4-12-14(10)22-9-21-12/h2-4,11H,5-9H2,1H3,(H,16,19)(H,17,20)/t11-/m0/s1. The molecule has 0 aliphatic carbocycles. The third-order valence-electron chi connectivity index (χ3n) is 3.95. The Morgan fingerprint density at radius 3 is 3.14 bits per heavy atom. The Kier molecular flexibility index (Phi) is 4.15. The molecule has 1 fully saturated rings. The average Bonchev–Trinajstić information content (AvgIpc) is 3.00. The number of piperazine rings is 1. The number of carbonyl (C=O) groups excluding carboxylic acids is 2. The van der Waals surface area contributed by atoms with Crippen molar-refractivity contribution in [2.45, 2.75) is 19.0 Å². The van der Waals surface area contributed by atoms with Crippen LogP contribution in [-0.4, -0.2) is 49.7 Å². The number of fused-ring (bicyclic) bond motifs is 1. The minimum atomic E-state index is -0.466. The van der Waals surface area contributed by atoms with E-state index in [9.17, 15) is 9.59 Å². The maximum absolute atomic E-state index is 12.1. The summed E-state index contributed by atoms with van der Waals surface area (Å²) in [6.07, 6.45) is 0.148. The van der Waals surface area contributed by atoms with E-state index < -0.39 is 6.04 Å². The number of hydrogen-bond donors (Lipinski definition) is 2. The van der Waals surface area contributed by atoms with Crippen LogP contribution in [0.3, 0.4) is 0 Å². The smallest absolute Gasteiger partial charge is 0.237 e. The van der Waals surface area contributed by atoms with Gasteiger partial charge in [0.05, 0.1) is 12.5 Å². The molecule has 2 N–H and O–H groups in total. The van der Waals surface area contributed by atoms with Gasteiger partial charge in [0.15, 0.2) is 11.5 Å². The Bertz CT molecular complexity index is 590. The molecule has 0 radical (unpaired) electrons. The summed E-state index contributed by atoms with van der Waals surface area (Å²) in [5, 5.41) is 5.38. The molecule has 2 amide bonds. The predicted octanol–water partition coefficient (Wildman–Crippen LogP) is -0.148. The summed E-state index contributed by atoms with van der Waals surface area (Å²) in [5.74, 6) is 1.19. The number of para-hydroxylation sites is 1. The Labute approximate surface area is 128 Å². The second-order valence-electron chi connectivity index (χ2n) is 5.31. The third kappa shape index (κ3) is 2.85. The molecule has 2 aliphatic heterocycles. The number of nitrogens with zero attached hydrogens (tertiary/aromatic N) is 1. The van der Waals surface area contributed by atoms with E-state index in [-0.39, 0.29) is 25.0 Å². The van der Waals surface area contributed by atoms with E-state index in [0.717, 1.165) is 17.1 Å². The zero-order valence-corrected chi connectivity index (χ0v) is 12.4. The van der Waals surface area contributed by atoms with Crippen LogP contribution in [0.4, 0.5) is 0 Å². The molecule has 0 bridgehead atoms. The van der Waals surface area contributed by atoms with Crippen LogP contribution in [0.1, 0.15) is 12.0 Å². The number of rotatable bonds is 4. The van der Waals surface area contributed by atoms with Crippen LogP contribution < -0.4 is 20.1 Å². The summed E-state index contributed by atoms with van der Waals surface area (Å²) >= 11 is 0. The summed E-state index contributed by atoms with van der Waals surface area (Å²) in [6, 6.07) is 5.25. The van der Waals surface area contributed by atoms with Gasteiger partial charge in [0, 0.05) is 32.2 Å². The second-order valence-corrected chi connectivity index (χ2v) is 5.31. The summed E-state index contributed by atoms with van der Waals surface area (Å²) < 4.78 is 10.9. The fourth-order valence-corrected chi connectivity index (χ4v) is 2.78. The van der Waals surface area contributed by atoms with Crippen molar-refractivity contribution >= 4 is 11.8 Å². The van der Waals surface area contributed by atoms with E-state index in [1.54, 1.807) is 7.05 Å². The van der Waals surface area contributed by atoms with Gasteiger partial charge in [-0.05, 0) is 6.07 Å². The van der Waals surface area contributed by atoms with Gasteiger partial charge in [-0.25, -0.2) is 0 Å². The Hall–Kier alpha value is -2.28. The number of amides is 2. The molecule has 0 unspecified atom stereocenters. The SMILES string of the molecule is CNC(=O)C[C@H]1C(=O)NCCN1Cc1cccc2c1OCO2. The zero-order valence-electron chi connectivity index (χ0n) is 12.4. The fourth-order valence-electron chi connectivity index (χ4n) is 2.78. The highest BCUT2D eigenvalue weighted by molar-refractivity contribution is 5.88. The van der Waals surface area contributed by atoms with Crippen molar-refractivity contribution in [3.05, 3.63) is 23.8 Å². The molecule has 1 aromatic carbocycles. The lowest BCUT2D eigenvalue weighted by atomic mass is 10.1. The van der Waals surface area contributed by atoms with Gasteiger partial charge in [-0.2, -0.15) is 0 Å². The lowest BCUT2D eigenvalue weighted by Crippen LogP contribution is -2.56. The van der Waals surface area contributed by atoms with E-state index in [2.05, 4.69) is 10.6 Å². The van der Waals surface area contributed by atoms with Gasteiger partial charge < -0.3 is 20.1 Å². The van der Waals surface area contributed by atoms with Crippen molar-refractivity contribution in [1.82, 2.24) is 15.5 Å². The highest BCUT2D eigenvalue weighted by atomic mass is 16.7. The monoisotopic (exact) mass is 305 g/mol. The molecule has 0 spiro atoms. The van der Waals surface area contributed by atoms with Crippen LogP contribution in [0.25, 0.3) is 0 Å². The first-order valence-corrected chi connectivity index (χ1v) is 7.29. The molecule has 2 heterocycles. The van der Waals surface area contributed by atoms with Crippen LogP contribution in [0, 0.1) is 0 Å². The lowest BCUT2D eigenvalue weighted by molar-refractivity contribution is -0.134. The van der Waals surface area contributed by atoms with Crippen molar-refractivity contribution in [1.29, 1.82) is 0 Å². The molecule has 1 atom stereocenters. The van der Waals surface area contributed by atoms with E-state index in [1.165, 1.54) is 0 Å². The maximum Gasteiger partial charge on any atom is 0.237 e. The van der Waals surface area contributed by atoms with Crippen molar-refractivity contribution in [2.75, 3.05) is 26.9 Å². The third-order valence-corrected chi connectivity index (χ3v) is 3.95. The second kappa shape index (κ2) is 6.23. The van der Waals surface area contributed by atoms with Gasteiger partial charge in [0.2, 0.25) is 18.6 Å². The molecule has 118 valence electrons. The van der Waals surface area contributed by atoms with E-state index in [1.807, 2.05) is 23.1 Å². The highest BCUT2D eigenvalue weighted by Gasteiger charge is 2.32. The summed E-state index contributed by atoms with van der Waals surface area (Å²) in [4.78, 5) is 25.7. The van der Waals surface area contributed by atoms with Crippen LogP contribution >= 0.6 is 0 Å². The van der Waals surface area contributed by atoms with Gasteiger partial charge >= 0.3 is 0 Å². The van der Waals surface area contributed by atoms with Crippen LogP contribution in [0.15, 0.2) is 18.2 Å². The Morgan fingerprint density at radius 2 is 2.32 bits per heavy atom. The summed E-state index contributed by atoms with van der Waals surface area (Å²) in [5.41, 5.74) is 0.964. The minimum absolute atomic E-state index is 0.111. The number of ether oxygens (including phenoxy) is 2. The number of nitrogens with one attached hydrogen (secondary N) is 2. The molecule has 7 heteroatoms. The normalized spacial score (nSPS) is 20.6. The molecule has 0 aromatic heterocycles. The van der Waals surface area contributed by atoms with Gasteiger partial charge in [0.25, 0.3) is 0 Å². The largest absolute Gasteiger partial charge is 0.454 e. The number of hydrogen-bond acceptors (Lipinski definition) is 5. The molecule has 1 saturated heterocycles. The van der Waals surface area contributed by atoms with Gasteiger partial charge in [-0.15, -0.1) is 0 Å². The first kappa shape index (κ1) is 14.6. The van der Waals surface area contributed by atoms with Crippen molar-refractivity contribution in [3.8, 4) is 11.5 Å². The molecule has 1 aromatic rings. The highest BCUT2D eigenvalue weighted by Crippen LogP contribution is 2.36. The predicted molar refractivity (Wildman–Crippen MR) is 78.5 cm³/mol. The summed E-state index contributed by atoms with van der Waals surface area (Å²) in [6.45, 7) is 2.03. The van der Waals surface area contributed by atoms with E-state index in [4.69, 9.17) is 9.47 Å². The first-order chi connectivity index (χ1) is 10.7. The van der Waals surface area contributed by atoms with E-state index >= 15 is 0 Å². The van der Waals surface area contributed by atoms with Crippen molar-refractivity contribution in [2.24, 2.45) is 0 Å². The zero-order chi connectivity index (χ0) is 15.5. The quantitative estimate of drug-likeness (QED) is 0.809. The molecule has 3 rings (SSSR count). The van der Waals surface area contributed by atoms with E-state index in [0.29, 0.717) is 19.6 Å². The van der Waals surface area contributed by atoms with Crippen molar-refractivity contribution < 1.29 is 19.1 Å².